The van der Waals surface area contributed by atoms with Gasteiger partial charge in [0.2, 0.25) is 0 Å². The largest absolute Gasteiger partial charge is 0 e. The van der Waals surface area contributed by atoms with E-state index in [4.69, 9.17) is 28.0 Å². The molecule has 0 radical (unpaired) electrons. The van der Waals surface area contributed by atoms with E-state index >= 15 is 0 Å². The van der Waals surface area contributed by atoms with Crippen molar-refractivity contribution in [3.8, 4) is 17.6 Å². The smallest absolute Gasteiger partial charge is 0 e. The van der Waals surface area contributed by atoms with E-state index in [9.17, 15) is 5.26 Å². The van der Waals surface area contributed by atoms with Crippen LogP contribution in [-0.4, -0.2) is 71.4 Å². The van der Waals surface area contributed by atoms with Crippen LogP contribution >= 0.6 is 8.53 Å². The number of nitrogens with zero attached hydrogens (tertiary/aromatic N) is 2. The second-order valence-corrected chi connectivity index (χ2v) is 15.0. The van der Waals surface area contributed by atoms with Gasteiger partial charge in [-0.2, -0.15) is 0 Å². The Bertz CT molecular complexity index is 1320. The molecule has 3 aromatic carbocycles. The third kappa shape index (κ3) is 9.84. The molecule has 252 valence electrons. The van der Waals surface area contributed by atoms with E-state index in [2.05, 4.69) is 80.7 Å². The normalized spacial score (nSPS) is 18.6. The molecule has 4 rings (SSSR count). The van der Waals surface area contributed by atoms with E-state index in [-0.39, 0.29) is 81.8 Å². The predicted molar refractivity (Wildman–Crippen MR) is 183 cm³/mol. The van der Waals surface area contributed by atoms with Crippen molar-refractivity contribution in [1.29, 1.82) is 5.26 Å². The van der Waals surface area contributed by atoms with E-state index in [1.54, 1.807) is 14.2 Å². The van der Waals surface area contributed by atoms with Crippen molar-refractivity contribution in [1.82, 2.24) is 4.67 Å². The van der Waals surface area contributed by atoms with Crippen LogP contribution in [0.2, 0.25) is 10.6 Å². The first-order valence-corrected chi connectivity index (χ1v) is 19.4. The summed E-state index contributed by atoms with van der Waals surface area (Å²) in [6, 6.07) is 28.8. The van der Waals surface area contributed by atoms with E-state index in [0.717, 1.165) is 28.2 Å². The minimum Gasteiger partial charge on any atom is 0 e. The number of hydrogen-bond donors (Lipinski definition) is 0. The number of ether oxygens (including phenoxy) is 4. The summed E-state index contributed by atoms with van der Waals surface area (Å²) < 4.78 is 40.0. The average molecular weight is 951 g/mol. The maximum absolute atomic E-state index is 9.20. The molecule has 0 amide bonds. The van der Waals surface area contributed by atoms with Crippen LogP contribution in [0.15, 0.2) is 78.9 Å². The van der Waals surface area contributed by atoms with Crippen molar-refractivity contribution in [2.45, 2.75) is 74.6 Å². The summed E-state index contributed by atoms with van der Waals surface area (Å²) in [5, 5.41) is 9.20. The molecular formula is C36H46N2O6PSeU-. The minimum atomic E-state index is -1.46. The van der Waals surface area contributed by atoms with Crippen LogP contribution in [0.5, 0.6) is 11.5 Å². The summed E-state index contributed by atoms with van der Waals surface area (Å²) >= 11 is 0.218. The summed E-state index contributed by atoms with van der Waals surface area (Å²) in [5.74, 6) is 3.72. The molecule has 0 bridgehead atoms. The molecule has 0 saturated carbocycles. The molecule has 1 aliphatic heterocycles. The Labute approximate surface area is 312 Å². The molecule has 1 heterocycles. The van der Waals surface area contributed by atoms with Crippen LogP contribution in [0, 0.1) is 49.1 Å². The molecular weight excluding hydrogens is 904 g/mol. The predicted octanol–water partition coefficient (Wildman–Crippen LogP) is 7.77. The van der Waals surface area contributed by atoms with Gasteiger partial charge in [0.05, 0.1) is 0 Å². The van der Waals surface area contributed by atoms with Crippen LogP contribution in [0.1, 0.15) is 50.8 Å². The Morgan fingerprint density at radius 2 is 1.43 bits per heavy atom. The van der Waals surface area contributed by atoms with Crippen molar-refractivity contribution in [2.75, 3.05) is 27.4 Å². The topological polar surface area (TPSA) is 82.4 Å². The first-order valence-electron chi connectivity index (χ1n) is 15.5. The van der Waals surface area contributed by atoms with Crippen molar-refractivity contribution in [3.63, 3.8) is 0 Å². The summed E-state index contributed by atoms with van der Waals surface area (Å²) in [6.45, 7) is 11.1. The molecule has 0 N–H and O–H groups in total. The molecule has 47 heavy (non-hydrogen) atoms. The number of rotatable bonds is 17. The molecule has 0 spiro atoms. The van der Waals surface area contributed by atoms with Crippen LogP contribution in [0.3, 0.4) is 0 Å². The zero-order chi connectivity index (χ0) is 33.1. The van der Waals surface area contributed by atoms with Crippen LogP contribution < -0.4 is 9.47 Å². The zero-order valence-electron chi connectivity index (χ0n) is 28.3. The number of benzene rings is 3. The van der Waals surface area contributed by atoms with Crippen LogP contribution in [0.4, 0.5) is 0 Å². The van der Waals surface area contributed by atoms with Crippen molar-refractivity contribution in [2.24, 2.45) is 0 Å². The van der Waals surface area contributed by atoms with Crippen molar-refractivity contribution in [3.05, 3.63) is 102 Å². The Hall–Kier alpha value is -1.45. The van der Waals surface area contributed by atoms with E-state index < -0.39 is 14.1 Å². The second kappa shape index (κ2) is 19.7. The first-order chi connectivity index (χ1) is 22.3. The van der Waals surface area contributed by atoms with Gasteiger partial charge in [-0.15, -0.1) is 0 Å². The number of hydrogen-bond acceptors (Lipinski definition) is 8. The summed E-state index contributed by atoms with van der Waals surface area (Å²) in [4.78, 5) is 0.111. The van der Waals surface area contributed by atoms with Gasteiger partial charge >= 0.3 is 283 Å². The zero-order valence-corrected chi connectivity index (χ0v) is 35.1. The van der Waals surface area contributed by atoms with E-state index in [1.165, 1.54) is 0 Å². The average Bonchev–Trinajstić information content (AvgIpc) is 3.46. The summed E-state index contributed by atoms with van der Waals surface area (Å²) in [7, 11) is 1.87. The van der Waals surface area contributed by atoms with Crippen molar-refractivity contribution < 1.29 is 59.1 Å². The third-order valence-electron chi connectivity index (χ3n) is 7.86. The van der Waals surface area contributed by atoms with Gasteiger partial charge in [-0.3, -0.25) is 0 Å². The number of methoxy groups -OCH3 is 2. The Balaban J connectivity index is 0.00000600. The van der Waals surface area contributed by atoms with Gasteiger partial charge in [-0.05, 0) is 0 Å². The summed E-state index contributed by atoms with van der Waals surface area (Å²) in [6.07, 6.45) is -0.355. The molecule has 1 saturated heterocycles. The molecule has 1 aliphatic rings. The van der Waals surface area contributed by atoms with Gasteiger partial charge in [-0.1, -0.05) is 0 Å². The van der Waals surface area contributed by atoms with Crippen LogP contribution in [0.25, 0.3) is 0 Å². The van der Waals surface area contributed by atoms with Crippen LogP contribution in [-0.2, 0) is 24.1 Å². The standard InChI is InChI=1S/C36H46N2O6PSe.U/c1-26(2)38(27(3)4)45(43-23-11-22-37)44-35-33(41-25-34(35)46-7)24-42-36(28-12-9-8-10-13-28,29-14-18-31(39-5)19-15-29)30-16-20-32(40-6)21-17-30;/h8-10,12-21,25-27,33-35H,11,23-24H2,1-7H3;/q-1;/t33-,34?,35+,45?;/m1./s1. The van der Waals surface area contributed by atoms with Gasteiger partial charge in [-0.25, -0.2) is 0 Å². The minimum absolute atomic E-state index is 0. The van der Waals surface area contributed by atoms with Crippen molar-refractivity contribution >= 4 is 23.5 Å². The van der Waals surface area contributed by atoms with Gasteiger partial charge in [0.15, 0.2) is 0 Å². The fourth-order valence-corrected chi connectivity index (χ4v) is 9.06. The molecule has 0 aromatic heterocycles. The van der Waals surface area contributed by atoms with Gasteiger partial charge in [0.25, 0.3) is 0 Å². The maximum Gasteiger partial charge on any atom is 0 e. The Morgan fingerprint density at radius 3 is 1.89 bits per heavy atom. The van der Waals surface area contributed by atoms with Gasteiger partial charge in [0, 0.05) is 31.1 Å². The van der Waals surface area contributed by atoms with E-state index in [1.807, 2.05) is 49.1 Å². The Morgan fingerprint density at radius 1 is 0.894 bits per heavy atom. The molecule has 2 unspecified atom stereocenters. The van der Waals surface area contributed by atoms with Gasteiger partial charge in [0.1, 0.15) is 0 Å². The number of nitriles is 1. The quantitative estimate of drug-likeness (QED) is 0.0447. The Kier molecular flexibility index (Phi) is 16.7. The third-order valence-corrected chi connectivity index (χ3v) is 11.9. The molecule has 8 nitrogen and oxygen atoms in total. The summed E-state index contributed by atoms with van der Waals surface area (Å²) in [5.41, 5.74) is 1.91. The maximum atomic E-state index is 9.20. The SMILES string of the molecule is COc1ccc(C(OC[C@H]2O[CH-]C([Se]C)[C@H]2OP(OCCC#N)N(C(C)C)C(C)C)(c2ccccc2)c2ccc(OC)cc2)cc1.[U]. The molecule has 3 aromatic rings. The fourth-order valence-electron chi connectivity index (χ4n) is 5.68. The monoisotopic (exact) mass is 951 g/mol. The van der Waals surface area contributed by atoms with E-state index in [0.29, 0.717) is 13.0 Å². The first kappa shape index (κ1) is 40.0. The molecule has 1 fully saturated rings. The second-order valence-electron chi connectivity index (χ2n) is 11.4. The van der Waals surface area contributed by atoms with Gasteiger partial charge < -0.3 is 0 Å². The molecule has 0 aliphatic carbocycles. The fraction of sp³-hybridized carbons (Fsp3) is 0.444. The molecule has 4 atom stereocenters. The molecule has 11 heteroatoms.